The zero-order valence-electron chi connectivity index (χ0n) is 11.9. The van der Waals surface area contributed by atoms with Gasteiger partial charge >= 0.3 is 0 Å². The number of benzene rings is 2. The van der Waals surface area contributed by atoms with Crippen molar-refractivity contribution < 1.29 is 18.3 Å². The van der Waals surface area contributed by atoms with Crippen molar-refractivity contribution in [2.45, 2.75) is 18.7 Å². The molecule has 0 unspecified atom stereocenters. The summed E-state index contributed by atoms with van der Waals surface area (Å²) >= 11 is 5.89. The molecule has 2 rings (SSSR count). The Bertz CT molecular complexity index is 847. The number of carbonyl (C=O) groups is 1. The molecule has 0 fully saturated rings. The van der Waals surface area contributed by atoms with Gasteiger partial charge in [0.15, 0.2) is 0 Å². The van der Waals surface area contributed by atoms with Gasteiger partial charge in [-0.3, -0.25) is 4.72 Å². The summed E-state index contributed by atoms with van der Waals surface area (Å²) < 4.78 is 27.3. The maximum Gasteiger partial charge on any atom is 0.263 e. The molecule has 0 spiro atoms. The molecule has 0 saturated carbocycles. The van der Waals surface area contributed by atoms with Crippen molar-refractivity contribution in [3.63, 3.8) is 0 Å². The van der Waals surface area contributed by atoms with Gasteiger partial charge in [0.25, 0.3) is 10.0 Å². The lowest BCUT2D eigenvalue weighted by atomic mass is 10.1. The number of sulfonamides is 1. The molecule has 0 aliphatic rings. The van der Waals surface area contributed by atoms with E-state index in [1.807, 2.05) is 13.0 Å². The molecule has 0 saturated heterocycles. The zero-order valence-corrected chi connectivity index (χ0v) is 13.5. The number of nitrogens with one attached hydrogen (secondary N) is 1. The number of carboxylic acids is 1. The van der Waals surface area contributed by atoms with E-state index in [1.54, 1.807) is 19.1 Å². The SMILES string of the molecule is Cc1ccc(C)c(NS(=O)(=O)c2cc(C(=O)[O-])ccc2Cl)c1. The molecule has 22 heavy (non-hydrogen) atoms. The minimum Gasteiger partial charge on any atom is -0.545 e. The summed E-state index contributed by atoms with van der Waals surface area (Å²) in [5, 5.41) is 10.8. The van der Waals surface area contributed by atoms with Gasteiger partial charge in [-0.05, 0) is 48.7 Å². The van der Waals surface area contributed by atoms with E-state index in [0.29, 0.717) is 5.69 Å². The Hall–Kier alpha value is -2.05. The van der Waals surface area contributed by atoms with Gasteiger partial charge in [-0.1, -0.05) is 29.8 Å². The number of halogens is 1. The number of aromatic carboxylic acids is 1. The van der Waals surface area contributed by atoms with Crippen LogP contribution >= 0.6 is 11.6 Å². The molecule has 2 aromatic rings. The Morgan fingerprint density at radius 1 is 1.14 bits per heavy atom. The van der Waals surface area contributed by atoms with Crippen LogP contribution in [-0.2, 0) is 10.0 Å². The number of carboxylic acid groups (broad SMARTS) is 1. The van der Waals surface area contributed by atoms with Crippen molar-refractivity contribution in [3.05, 3.63) is 58.1 Å². The maximum atomic E-state index is 12.5. The third-order valence-electron chi connectivity index (χ3n) is 3.09. The van der Waals surface area contributed by atoms with Crippen molar-refractivity contribution in [2.24, 2.45) is 0 Å². The number of carbonyl (C=O) groups excluding carboxylic acids is 1. The summed E-state index contributed by atoms with van der Waals surface area (Å²) in [4.78, 5) is 10.6. The second-order valence-corrected chi connectivity index (χ2v) is 6.91. The molecule has 0 bridgehead atoms. The van der Waals surface area contributed by atoms with Crippen LogP contribution in [0.1, 0.15) is 21.5 Å². The van der Waals surface area contributed by atoms with Crippen molar-refractivity contribution >= 4 is 33.3 Å². The van der Waals surface area contributed by atoms with Gasteiger partial charge in [-0.15, -0.1) is 0 Å². The van der Waals surface area contributed by atoms with Crippen LogP contribution in [0.2, 0.25) is 5.02 Å². The second kappa shape index (κ2) is 5.98. The Labute approximate surface area is 133 Å². The van der Waals surface area contributed by atoms with Crippen molar-refractivity contribution in [1.82, 2.24) is 0 Å². The Kier molecular flexibility index (Phi) is 4.44. The molecule has 0 aliphatic carbocycles. The highest BCUT2D eigenvalue weighted by Crippen LogP contribution is 2.26. The van der Waals surface area contributed by atoms with E-state index in [-0.39, 0.29) is 15.5 Å². The average molecular weight is 339 g/mol. The number of anilines is 1. The first-order valence-corrected chi connectivity index (χ1v) is 8.18. The normalized spacial score (nSPS) is 11.2. The molecule has 0 aliphatic heterocycles. The highest BCUT2D eigenvalue weighted by Gasteiger charge is 2.19. The lowest BCUT2D eigenvalue weighted by molar-refractivity contribution is -0.255. The van der Waals surface area contributed by atoms with Gasteiger partial charge in [0.1, 0.15) is 4.90 Å². The summed E-state index contributed by atoms with van der Waals surface area (Å²) in [6, 6.07) is 8.71. The van der Waals surface area contributed by atoms with Crippen LogP contribution in [0.25, 0.3) is 0 Å². The fourth-order valence-corrected chi connectivity index (χ4v) is 3.53. The molecule has 0 radical (unpaired) electrons. The molecular formula is C15H13ClNO4S-. The van der Waals surface area contributed by atoms with Gasteiger partial charge in [-0.25, -0.2) is 8.42 Å². The summed E-state index contributed by atoms with van der Waals surface area (Å²) in [6.45, 7) is 3.59. The van der Waals surface area contributed by atoms with Gasteiger partial charge in [0, 0.05) is 0 Å². The number of hydrogen-bond donors (Lipinski definition) is 1. The molecule has 1 N–H and O–H groups in total. The summed E-state index contributed by atoms with van der Waals surface area (Å²) in [6.07, 6.45) is 0. The van der Waals surface area contributed by atoms with E-state index in [9.17, 15) is 18.3 Å². The molecule has 0 aromatic heterocycles. The van der Waals surface area contributed by atoms with Crippen LogP contribution in [0, 0.1) is 13.8 Å². The standard InChI is InChI=1S/C15H14ClNO4S/c1-9-3-4-10(2)13(7-9)17-22(20,21)14-8-11(15(18)19)5-6-12(14)16/h3-8,17H,1-2H3,(H,18,19)/p-1. The van der Waals surface area contributed by atoms with Crippen LogP contribution in [0.15, 0.2) is 41.3 Å². The largest absolute Gasteiger partial charge is 0.545 e. The number of rotatable bonds is 4. The van der Waals surface area contributed by atoms with Crippen molar-refractivity contribution in [3.8, 4) is 0 Å². The van der Waals surface area contributed by atoms with Crippen LogP contribution in [0.5, 0.6) is 0 Å². The van der Waals surface area contributed by atoms with E-state index in [1.165, 1.54) is 12.1 Å². The summed E-state index contributed by atoms with van der Waals surface area (Å²) in [5.41, 5.74) is 1.78. The Balaban J connectivity index is 2.49. The predicted molar refractivity (Wildman–Crippen MR) is 82.5 cm³/mol. The molecular weight excluding hydrogens is 326 g/mol. The average Bonchev–Trinajstić information content (AvgIpc) is 2.42. The minimum absolute atomic E-state index is 0.0668. The van der Waals surface area contributed by atoms with Crippen LogP contribution < -0.4 is 9.83 Å². The monoisotopic (exact) mass is 338 g/mol. The second-order valence-electron chi connectivity index (χ2n) is 4.86. The molecule has 5 nitrogen and oxygen atoms in total. The van der Waals surface area contributed by atoms with Gasteiger partial charge < -0.3 is 9.90 Å². The van der Waals surface area contributed by atoms with Crippen LogP contribution in [0.3, 0.4) is 0 Å². The van der Waals surface area contributed by atoms with Gasteiger partial charge in [0.2, 0.25) is 0 Å². The predicted octanol–water partition coefficient (Wildman–Crippen LogP) is 2.12. The zero-order chi connectivity index (χ0) is 16.5. The lowest BCUT2D eigenvalue weighted by Gasteiger charge is -2.13. The van der Waals surface area contributed by atoms with E-state index in [4.69, 9.17) is 11.6 Å². The molecule has 7 heteroatoms. The first kappa shape index (κ1) is 16.3. The highest BCUT2D eigenvalue weighted by molar-refractivity contribution is 7.92. The number of aryl methyl sites for hydroxylation is 2. The summed E-state index contributed by atoms with van der Waals surface area (Å²) in [5.74, 6) is -1.47. The Morgan fingerprint density at radius 2 is 1.82 bits per heavy atom. The number of hydrogen-bond acceptors (Lipinski definition) is 4. The minimum atomic E-state index is -4.01. The lowest BCUT2D eigenvalue weighted by Crippen LogP contribution is -2.23. The first-order valence-electron chi connectivity index (χ1n) is 6.31. The Morgan fingerprint density at radius 3 is 2.45 bits per heavy atom. The van der Waals surface area contributed by atoms with Gasteiger partial charge in [0.05, 0.1) is 16.7 Å². The molecule has 2 aromatic carbocycles. The van der Waals surface area contributed by atoms with Crippen molar-refractivity contribution in [1.29, 1.82) is 0 Å². The fraction of sp³-hybridized carbons (Fsp3) is 0.133. The van der Waals surface area contributed by atoms with Crippen LogP contribution in [-0.4, -0.2) is 14.4 Å². The van der Waals surface area contributed by atoms with Crippen LogP contribution in [0.4, 0.5) is 5.69 Å². The quantitative estimate of drug-likeness (QED) is 0.925. The molecule has 0 atom stereocenters. The van der Waals surface area contributed by atoms with Gasteiger partial charge in [-0.2, -0.15) is 0 Å². The van der Waals surface area contributed by atoms with E-state index < -0.39 is 16.0 Å². The maximum absolute atomic E-state index is 12.5. The van der Waals surface area contributed by atoms with Crippen molar-refractivity contribution in [2.75, 3.05) is 4.72 Å². The van der Waals surface area contributed by atoms with E-state index >= 15 is 0 Å². The van der Waals surface area contributed by atoms with E-state index in [2.05, 4.69) is 4.72 Å². The summed E-state index contributed by atoms with van der Waals surface area (Å²) in [7, 11) is -4.01. The molecule has 0 heterocycles. The third kappa shape index (κ3) is 3.40. The fourth-order valence-electron chi connectivity index (χ4n) is 1.88. The highest BCUT2D eigenvalue weighted by atomic mass is 35.5. The first-order chi connectivity index (χ1) is 10.2. The molecule has 116 valence electrons. The smallest absolute Gasteiger partial charge is 0.263 e. The topological polar surface area (TPSA) is 86.3 Å². The molecule has 0 amide bonds. The van der Waals surface area contributed by atoms with E-state index in [0.717, 1.165) is 17.2 Å². The third-order valence-corrected chi connectivity index (χ3v) is 4.94.